The van der Waals surface area contributed by atoms with E-state index in [2.05, 4.69) is 0 Å². The van der Waals surface area contributed by atoms with Crippen LogP contribution in [-0.2, 0) is 0 Å². The number of aliphatic hydroxyl groups is 1. The summed E-state index contributed by atoms with van der Waals surface area (Å²) >= 11 is 0. The Labute approximate surface area is 81.7 Å². The predicted molar refractivity (Wildman–Crippen MR) is 51.2 cm³/mol. The first kappa shape index (κ1) is 10.9. The van der Waals surface area contributed by atoms with Crippen LogP contribution in [0, 0.1) is 0 Å². The van der Waals surface area contributed by atoms with Crippen molar-refractivity contribution >= 4 is 0 Å². The molecule has 0 aromatic heterocycles. The lowest BCUT2D eigenvalue weighted by atomic mass is 10.1. The van der Waals surface area contributed by atoms with Gasteiger partial charge in [0.2, 0.25) is 0 Å². The largest absolute Gasteiger partial charge is 0.384 e. The van der Waals surface area contributed by atoms with Crippen molar-refractivity contribution in [1.29, 1.82) is 0 Å². The fourth-order valence-electron chi connectivity index (χ4n) is 1.07. The van der Waals surface area contributed by atoms with Crippen LogP contribution in [0.15, 0.2) is 42.0 Å². The summed E-state index contributed by atoms with van der Waals surface area (Å²) in [4.78, 5) is 0. The van der Waals surface area contributed by atoms with Crippen molar-refractivity contribution in [2.24, 2.45) is 0 Å². The highest BCUT2D eigenvalue weighted by molar-refractivity contribution is 5.22. The molecule has 0 fully saturated rings. The van der Waals surface area contributed by atoms with Crippen LogP contribution in [0.25, 0.3) is 0 Å². The van der Waals surface area contributed by atoms with E-state index in [9.17, 15) is 13.9 Å². The number of hydrogen-bond donors (Lipinski definition) is 1. The number of aliphatic hydroxyl groups excluding tert-OH is 1. The third-order valence-electron chi connectivity index (χ3n) is 1.91. The second-order valence-corrected chi connectivity index (χ2v) is 3.07. The predicted octanol–water partition coefficient (Wildman–Crippen LogP) is 2.93. The molecule has 0 radical (unpaired) electrons. The lowest BCUT2D eigenvalue weighted by Gasteiger charge is -2.07. The smallest absolute Gasteiger partial charge is 0.259 e. The Bertz CT molecular complexity index is 306. The van der Waals surface area contributed by atoms with Gasteiger partial charge >= 0.3 is 0 Å². The van der Waals surface area contributed by atoms with Gasteiger partial charge in [0.25, 0.3) is 6.43 Å². The molecule has 3 heteroatoms. The molecule has 1 N–H and O–H groups in total. The number of rotatable bonds is 3. The van der Waals surface area contributed by atoms with Crippen molar-refractivity contribution < 1.29 is 13.9 Å². The molecule has 1 rings (SSSR count). The number of alkyl halides is 2. The fourth-order valence-corrected chi connectivity index (χ4v) is 1.07. The molecule has 14 heavy (non-hydrogen) atoms. The molecule has 0 bridgehead atoms. The Morgan fingerprint density at radius 2 is 1.86 bits per heavy atom. The van der Waals surface area contributed by atoms with Crippen molar-refractivity contribution in [2.75, 3.05) is 0 Å². The zero-order chi connectivity index (χ0) is 10.6. The first-order valence-electron chi connectivity index (χ1n) is 4.30. The van der Waals surface area contributed by atoms with E-state index in [1.54, 1.807) is 30.3 Å². The standard InChI is InChI=1S/C11H12F2O/c1-8(11(12)13)7-10(14)9-5-3-2-4-6-9/h2-7,10-11,14H,1H3/b8-7-. The normalized spacial score (nSPS) is 14.5. The van der Waals surface area contributed by atoms with E-state index in [1.807, 2.05) is 0 Å². The maximum absolute atomic E-state index is 12.1. The highest BCUT2D eigenvalue weighted by Crippen LogP contribution is 2.18. The molecule has 0 aliphatic heterocycles. The Kier molecular flexibility index (Phi) is 3.77. The zero-order valence-corrected chi connectivity index (χ0v) is 7.82. The first-order valence-corrected chi connectivity index (χ1v) is 4.30. The summed E-state index contributed by atoms with van der Waals surface area (Å²) in [5, 5.41) is 9.53. The molecular weight excluding hydrogens is 186 g/mol. The first-order chi connectivity index (χ1) is 6.61. The molecule has 1 aromatic carbocycles. The van der Waals surface area contributed by atoms with Crippen LogP contribution in [0.4, 0.5) is 8.78 Å². The number of halogens is 2. The Balaban J connectivity index is 2.77. The van der Waals surface area contributed by atoms with Crippen molar-refractivity contribution in [3.8, 4) is 0 Å². The summed E-state index contributed by atoms with van der Waals surface area (Å²) in [7, 11) is 0. The highest BCUT2D eigenvalue weighted by Gasteiger charge is 2.09. The van der Waals surface area contributed by atoms with Crippen LogP contribution in [0.1, 0.15) is 18.6 Å². The van der Waals surface area contributed by atoms with Crippen LogP contribution in [0.5, 0.6) is 0 Å². The molecule has 0 amide bonds. The second kappa shape index (κ2) is 4.86. The molecule has 1 aromatic rings. The lowest BCUT2D eigenvalue weighted by Crippen LogP contribution is -1.98. The average Bonchev–Trinajstić information content (AvgIpc) is 2.19. The zero-order valence-electron chi connectivity index (χ0n) is 7.82. The summed E-state index contributed by atoms with van der Waals surface area (Å²) in [5.74, 6) is 0. The Morgan fingerprint density at radius 3 is 2.36 bits per heavy atom. The van der Waals surface area contributed by atoms with Crippen LogP contribution < -0.4 is 0 Å². The number of hydrogen-bond acceptors (Lipinski definition) is 1. The van der Waals surface area contributed by atoms with Gasteiger partial charge in [-0.3, -0.25) is 0 Å². The SMILES string of the molecule is C/C(=C/C(O)c1ccccc1)C(F)F. The number of allylic oxidation sites excluding steroid dienone is 1. The summed E-state index contributed by atoms with van der Waals surface area (Å²) in [6, 6.07) is 8.70. The molecule has 0 heterocycles. The molecule has 0 spiro atoms. The van der Waals surface area contributed by atoms with Crippen LogP contribution in [-0.4, -0.2) is 11.5 Å². The van der Waals surface area contributed by atoms with Gasteiger partial charge in [-0.15, -0.1) is 0 Å². The second-order valence-electron chi connectivity index (χ2n) is 3.07. The van der Waals surface area contributed by atoms with E-state index in [0.717, 1.165) is 0 Å². The van der Waals surface area contributed by atoms with Crippen LogP contribution >= 0.6 is 0 Å². The van der Waals surface area contributed by atoms with E-state index in [0.29, 0.717) is 5.56 Å². The minimum absolute atomic E-state index is 0.110. The van der Waals surface area contributed by atoms with Gasteiger partial charge in [0, 0.05) is 0 Å². The monoisotopic (exact) mass is 198 g/mol. The molecule has 0 saturated carbocycles. The van der Waals surface area contributed by atoms with E-state index in [4.69, 9.17) is 0 Å². The van der Waals surface area contributed by atoms with E-state index >= 15 is 0 Å². The minimum atomic E-state index is -2.51. The Hall–Kier alpha value is -1.22. The van der Waals surface area contributed by atoms with E-state index in [1.165, 1.54) is 13.0 Å². The highest BCUT2D eigenvalue weighted by atomic mass is 19.3. The molecule has 0 aliphatic rings. The number of benzene rings is 1. The molecule has 0 aliphatic carbocycles. The van der Waals surface area contributed by atoms with Gasteiger partial charge in [0.15, 0.2) is 0 Å². The van der Waals surface area contributed by atoms with Gasteiger partial charge in [0.1, 0.15) is 0 Å². The van der Waals surface area contributed by atoms with Gasteiger partial charge in [-0.1, -0.05) is 30.3 Å². The molecular formula is C11H12F2O. The molecule has 0 saturated heterocycles. The van der Waals surface area contributed by atoms with Crippen LogP contribution in [0.2, 0.25) is 0 Å². The van der Waals surface area contributed by atoms with Crippen molar-refractivity contribution in [2.45, 2.75) is 19.5 Å². The van der Waals surface area contributed by atoms with Gasteiger partial charge in [-0.2, -0.15) is 0 Å². The van der Waals surface area contributed by atoms with Gasteiger partial charge in [-0.25, -0.2) is 8.78 Å². The quantitative estimate of drug-likeness (QED) is 0.740. The summed E-state index contributed by atoms with van der Waals surface area (Å²) in [5.41, 5.74) is 0.508. The third kappa shape index (κ3) is 2.92. The topological polar surface area (TPSA) is 20.2 Å². The maximum Gasteiger partial charge on any atom is 0.259 e. The Morgan fingerprint density at radius 1 is 1.29 bits per heavy atom. The van der Waals surface area contributed by atoms with Gasteiger partial charge < -0.3 is 5.11 Å². The fraction of sp³-hybridized carbons (Fsp3) is 0.273. The van der Waals surface area contributed by atoms with Gasteiger partial charge in [-0.05, 0) is 24.1 Å². The molecule has 1 nitrogen and oxygen atoms in total. The van der Waals surface area contributed by atoms with Gasteiger partial charge in [0.05, 0.1) is 6.10 Å². The molecule has 76 valence electrons. The van der Waals surface area contributed by atoms with Crippen LogP contribution in [0.3, 0.4) is 0 Å². The van der Waals surface area contributed by atoms with Crippen molar-refractivity contribution in [3.63, 3.8) is 0 Å². The van der Waals surface area contributed by atoms with E-state index < -0.39 is 12.5 Å². The van der Waals surface area contributed by atoms with Crippen molar-refractivity contribution in [3.05, 3.63) is 47.5 Å². The summed E-state index contributed by atoms with van der Waals surface area (Å²) < 4.78 is 24.2. The molecule has 1 atom stereocenters. The maximum atomic E-state index is 12.1. The summed E-state index contributed by atoms with van der Waals surface area (Å²) in [6.45, 7) is 1.30. The average molecular weight is 198 g/mol. The molecule has 1 unspecified atom stereocenters. The minimum Gasteiger partial charge on any atom is -0.384 e. The summed E-state index contributed by atoms with van der Waals surface area (Å²) in [6.07, 6.45) is -2.29. The third-order valence-corrected chi connectivity index (χ3v) is 1.91. The van der Waals surface area contributed by atoms with Crippen molar-refractivity contribution in [1.82, 2.24) is 0 Å². The van der Waals surface area contributed by atoms with E-state index in [-0.39, 0.29) is 5.57 Å². The lowest BCUT2D eigenvalue weighted by molar-refractivity contribution is 0.181.